The highest BCUT2D eigenvalue weighted by molar-refractivity contribution is 5.28. The fourth-order valence-electron chi connectivity index (χ4n) is 1.89. The van der Waals surface area contributed by atoms with Gasteiger partial charge >= 0.3 is 0 Å². The molecule has 0 aliphatic rings. The summed E-state index contributed by atoms with van der Waals surface area (Å²) in [4.78, 5) is 11.9. The summed E-state index contributed by atoms with van der Waals surface area (Å²) in [6.45, 7) is 2.60. The number of aryl methyl sites for hydroxylation is 1. The standard InChI is InChI=1S/C14H17N3O2/c1-10-12(8-15)7-14(18)17(16-10)9-11-4-3-5-13(6-11)19-2/h3-7H,8-9,15H2,1-2H3. The third-order valence-electron chi connectivity index (χ3n) is 2.97. The molecule has 0 aliphatic heterocycles. The first-order valence-electron chi connectivity index (χ1n) is 6.04. The van der Waals surface area contributed by atoms with Crippen LogP contribution in [0.3, 0.4) is 0 Å². The van der Waals surface area contributed by atoms with Crippen LogP contribution in [-0.4, -0.2) is 16.9 Å². The van der Waals surface area contributed by atoms with Gasteiger partial charge in [0, 0.05) is 12.6 Å². The normalized spacial score (nSPS) is 10.5. The van der Waals surface area contributed by atoms with E-state index in [1.54, 1.807) is 13.2 Å². The molecule has 0 atom stereocenters. The summed E-state index contributed by atoms with van der Waals surface area (Å²) in [6, 6.07) is 9.12. The lowest BCUT2D eigenvalue weighted by Crippen LogP contribution is -2.25. The zero-order valence-corrected chi connectivity index (χ0v) is 11.1. The number of nitrogens with two attached hydrogens (primary N) is 1. The highest BCUT2D eigenvalue weighted by atomic mass is 16.5. The van der Waals surface area contributed by atoms with Gasteiger partial charge in [0.2, 0.25) is 0 Å². The minimum absolute atomic E-state index is 0.145. The Labute approximate surface area is 111 Å². The van der Waals surface area contributed by atoms with Gasteiger partial charge < -0.3 is 10.5 Å². The molecule has 0 amide bonds. The van der Waals surface area contributed by atoms with Gasteiger partial charge in [0.15, 0.2) is 0 Å². The van der Waals surface area contributed by atoms with Crippen LogP contribution in [0.25, 0.3) is 0 Å². The van der Waals surface area contributed by atoms with Crippen LogP contribution in [0.1, 0.15) is 16.8 Å². The summed E-state index contributed by atoms with van der Waals surface area (Å²) in [7, 11) is 1.61. The number of ether oxygens (including phenoxy) is 1. The Hall–Kier alpha value is -2.14. The summed E-state index contributed by atoms with van der Waals surface area (Å²) in [5.41, 5.74) is 7.94. The molecule has 0 aliphatic carbocycles. The molecule has 2 N–H and O–H groups in total. The van der Waals surface area contributed by atoms with Crippen molar-refractivity contribution in [3.8, 4) is 5.75 Å². The van der Waals surface area contributed by atoms with Gasteiger partial charge in [0.1, 0.15) is 5.75 Å². The first-order chi connectivity index (χ1) is 9.13. The van der Waals surface area contributed by atoms with Crippen molar-refractivity contribution in [1.29, 1.82) is 0 Å². The molecule has 0 radical (unpaired) electrons. The van der Waals surface area contributed by atoms with Crippen molar-refractivity contribution in [3.05, 3.63) is 57.5 Å². The Morgan fingerprint density at radius 1 is 1.37 bits per heavy atom. The van der Waals surface area contributed by atoms with Gasteiger partial charge in [-0.05, 0) is 30.2 Å². The van der Waals surface area contributed by atoms with E-state index in [1.807, 2.05) is 31.2 Å². The van der Waals surface area contributed by atoms with Crippen LogP contribution in [0.2, 0.25) is 0 Å². The lowest BCUT2D eigenvalue weighted by atomic mass is 10.2. The minimum atomic E-state index is -0.145. The SMILES string of the molecule is COc1cccc(Cn2nc(C)c(CN)cc2=O)c1. The van der Waals surface area contributed by atoms with E-state index in [0.717, 1.165) is 22.6 Å². The molecule has 2 rings (SSSR count). The molecule has 0 fully saturated rings. The van der Waals surface area contributed by atoms with Crippen molar-refractivity contribution in [2.75, 3.05) is 7.11 Å². The van der Waals surface area contributed by atoms with E-state index in [0.29, 0.717) is 13.1 Å². The minimum Gasteiger partial charge on any atom is -0.497 e. The van der Waals surface area contributed by atoms with E-state index >= 15 is 0 Å². The van der Waals surface area contributed by atoms with Crippen LogP contribution in [-0.2, 0) is 13.1 Å². The smallest absolute Gasteiger partial charge is 0.267 e. The van der Waals surface area contributed by atoms with Gasteiger partial charge in [-0.25, -0.2) is 4.68 Å². The van der Waals surface area contributed by atoms with Crippen molar-refractivity contribution in [1.82, 2.24) is 9.78 Å². The van der Waals surface area contributed by atoms with Crippen molar-refractivity contribution in [2.45, 2.75) is 20.0 Å². The maximum Gasteiger partial charge on any atom is 0.267 e. The van der Waals surface area contributed by atoms with Gasteiger partial charge in [-0.3, -0.25) is 4.79 Å². The van der Waals surface area contributed by atoms with Gasteiger partial charge in [-0.1, -0.05) is 12.1 Å². The number of methoxy groups -OCH3 is 1. The number of hydrogen-bond donors (Lipinski definition) is 1. The van der Waals surface area contributed by atoms with Crippen LogP contribution < -0.4 is 16.0 Å². The Balaban J connectivity index is 2.33. The number of benzene rings is 1. The summed E-state index contributed by atoms with van der Waals surface area (Å²) in [5.74, 6) is 0.765. The molecule has 0 saturated carbocycles. The molecule has 0 bridgehead atoms. The fraction of sp³-hybridized carbons (Fsp3) is 0.286. The third-order valence-corrected chi connectivity index (χ3v) is 2.97. The topological polar surface area (TPSA) is 70.1 Å². The van der Waals surface area contributed by atoms with E-state index in [9.17, 15) is 4.79 Å². The second-order valence-electron chi connectivity index (χ2n) is 4.31. The molecule has 1 aromatic carbocycles. The van der Waals surface area contributed by atoms with Gasteiger partial charge in [0.25, 0.3) is 5.56 Å². The highest BCUT2D eigenvalue weighted by Gasteiger charge is 2.05. The lowest BCUT2D eigenvalue weighted by molar-refractivity contribution is 0.414. The van der Waals surface area contributed by atoms with E-state index in [2.05, 4.69) is 5.10 Å². The van der Waals surface area contributed by atoms with Crippen LogP contribution in [0.4, 0.5) is 0 Å². The van der Waals surface area contributed by atoms with Crippen molar-refractivity contribution in [3.63, 3.8) is 0 Å². The number of nitrogens with zero attached hydrogens (tertiary/aromatic N) is 2. The number of hydrogen-bond acceptors (Lipinski definition) is 4. The molecular weight excluding hydrogens is 242 g/mol. The maximum absolute atomic E-state index is 11.9. The summed E-state index contributed by atoms with van der Waals surface area (Å²) in [6.07, 6.45) is 0. The predicted octanol–water partition coefficient (Wildman–Crippen LogP) is 1.07. The van der Waals surface area contributed by atoms with Crippen LogP contribution in [0.15, 0.2) is 35.1 Å². The highest BCUT2D eigenvalue weighted by Crippen LogP contribution is 2.13. The van der Waals surface area contributed by atoms with Gasteiger partial charge in [-0.15, -0.1) is 0 Å². The summed E-state index contributed by atoms with van der Waals surface area (Å²) in [5, 5.41) is 4.28. The molecule has 100 valence electrons. The van der Waals surface area contributed by atoms with Crippen LogP contribution in [0, 0.1) is 6.92 Å². The number of rotatable bonds is 4. The van der Waals surface area contributed by atoms with E-state index in [-0.39, 0.29) is 5.56 Å². The molecular formula is C14H17N3O2. The third kappa shape index (κ3) is 3.00. The average Bonchev–Trinajstić information content (AvgIpc) is 2.42. The summed E-state index contributed by atoms with van der Waals surface area (Å²) < 4.78 is 6.59. The van der Waals surface area contributed by atoms with Crippen molar-refractivity contribution < 1.29 is 4.74 Å². The largest absolute Gasteiger partial charge is 0.497 e. The first kappa shape index (κ1) is 13.3. The molecule has 0 unspecified atom stereocenters. The number of aromatic nitrogens is 2. The molecule has 5 heteroatoms. The molecule has 1 aromatic heterocycles. The van der Waals surface area contributed by atoms with Crippen LogP contribution in [0.5, 0.6) is 5.75 Å². The Morgan fingerprint density at radius 3 is 2.84 bits per heavy atom. The molecule has 0 saturated heterocycles. The summed E-state index contributed by atoms with van der Waals surface area (Å²) >= 11 is 0. The van der Waals surface area contributed by atoms with Gasteiger partial charge in [0.05, 0.1) is 19.3 Å². The van der Waals surface area contributed by atoms with E-state index < -0.39 is 0 Å². The Morgan fingerprint density at radius 2 is 2.16 bits per heavy atom. The Bertz CT molecular complexity index is 635. The van der Waals surface area contributed by atoms with Crippen LogP contribution >= 0.6 is 0 Å². The predicted molar refractivity (Wildman–Crippen MR) is 73.2 cm³/mol. The fourth-order valence-corrected chi connectivity index (χ4v) is 1.89. The zero-order chi connectivity index (χ0) is 13.8. The van der Waals surface area contributed by atoms with Crippen molar-refractivity contribution >= 4 is 0 Å². The molecule has 19 heavy (non-hydrogen) atoms. The Kier molecular flexibility index (Phi) is 3.97. The molecule has 0 spiro atoms. The molecule has 1 heterocycles. The zero-order valence-electron chi connectivity index (χ0n) is 11.1. The van der Waals surface area contributed by atoms with Crippen molar-refractivity contribution in [2.24, 2.45) is 5.73 Å². The van der Waals surface area contributed by atoms with Gasteiger partial charge in [-0.2, -0.15) is 5.10 Å². The quantitative estimate of drug-likeness (QED) is 0.891. The second-order valence-corrected chi connectivity index (χ2v) is 4.31. The monoisotopic (exact) mass is 259 g/mol. The molecule has 2 aromatic rings. The lowest BCUT2D eigenvalue weighted by Gasteiger charge is -2.09. The maximum atomic E-state index is 11.9. The molecule has 5 nitrogen and oxygen atoms in total. The second kappa shape index (κ2) is 5.67. The van der Waals surface area contributed by atoms with E-state index in [1.165, 1.54) is 4.68 Å². The first-order valence-corrected chi connectivity index (χ1v) is 6.04. The van der Waals surface area contributed by atoms with E-state index in [4.69, 9.17) is 10.5 Å². The average molecular weight is 259 g/mol.